The lowest BCUT2D eigenvalue weighted by molar-refractivity contribution is -0.146. The molecule has 0 spiro atoms. The van der Waals surface area contributed by atoms with Gasteiger partial charge in [-0.25, -0.2) is 4.79 Å². The molecule has 0 bridgehead atoms. The molecule has 0 aliphatic rings. The smallest absolute Gasteiger partial charge is 0.330 e. The van der Waals surface area contributed by atoms with E-state index in [1.807, 2.05) is 0 Å². The Morgan fingerprint density at radius 1 is 1.14 bits per heavy atom. The Morgan fingerprint density at radius 2 is 1.89 bits per heavy atom. The number of hydrogen-bond acceptors (Lipinski definition) is 7. The van der Waals surface area contributed by atoms with Crippen molar-refractivity contribution in [2.24, 2.45) is 0 Å². The fraction of sp³-hybridized carbons (Fsp3) is 0.211. The largest absolute Gasteiger partial charge is 0.496 e. The molecular weight excluding hydrogens is 384 g/mol. The predicted octanol–water partition coefficient (Wildman–Crippen LogP) is 2.95. The van der Waals surface area contributed by atoms with Gasteiger partial charge in [-0.3, -0.25) is 4.79 Å². The zero-order valence-electron chi connectivity index (χ0n) is 15.3. The third-order valence-corrected chi connectivity index (χ3v) is 4.15. The lowest BCUT2D eigenvalue weighted by Gasteiger charge is -2.10. The van der Waals surface area contributed by atoms with Crippen LogP contribution < -0.4 is 4.74 Å². The summed E-state index contributed by atoms with van der Waals surface area (Å²) in [5.74, 6) is 0.272. The highest BCUT2D eigenvalue weighted by Crippen LogP contribution is 2.21. The lowest BCUT2D eigenvalue weighted by atomic mass is 10.1. The van der Waals surface area contributed by atoms with Gasteiger partial charge in [0.15, 0.2) is 12.3 Å². The van der Waals surface area contributed by atoms with Gasteiger partial charge in [0, 0.05) is 21.7 Å². The van der Waals surface area contributed by atoms with Crippen molar-refractivity contribution in [1.82, 2.24) is 20.2 Å². The summed E-state index contributed by atoms with van der Waals surface area (Å²) >= 11 is 5.86. The number of nitrogens with zero attached hydrogens (tertiary/aromatic N) is 4. The number of ketones is 1. The van der Waals surface area contributed by atoms with Gasteiger partial charge in [-0.15, -0.1) is 10.2 Å². The van der Waals surface area contributed by atoms with Gasteiger partial charge in [-0.1, -0.05) is 11.6 Å². The van der Waals surface area contributed by atoms with E-state index in [2.05, 4.69) is 15.4 Å². The number of aromatic nitrogens is 4. The van der Waals surface area contributed by atoms with Crippen molar-refractivity contribution in [3.05, 3.63) is 58.6 Å². The highest BCUT2D eigenvalue weighted by molar-refractivity contribution is 6.30. The van der Waals surface area contributed by atoms with Crippen LogP contribution >= 0.6 is 11.6 Å². The molecule has 0 aliphatic heterocycles. The average Bonchev–Trinajstić information content (AvgIpc) is 3.15. The SMILES string of the molecule is COc1ccc(C(C)=O)cc1COC(=O)Cn1nnc(-c2ccc(Cl)cc2)n1. The van der Waals surface area contributed by atoms with E-state index in [1.165, 1.54) is 14.0 Å². The van der Waals surface area contributed by atoms with Crippen LogP contribution in [0.1, 0.15) is 22.8 Å². The van der Waals surface area contributed by atoms with E-state index in [0.717, 1.165) is 10.4 Å². The Hall–Kier alpha value is -3.26. The van der Waals surface area contributed by atoms with Crippen LogP contribution in [0.25, 0.3) is 11.4 Å². The molecule has 0 radical (unpaired) electrons. The number of ether oxygens (including phenoxy) is 2. The molecule has 0 aliphatic carbocycles. The molecule has 0 amide bonds. The summed E-state index contributed by atoms with van der Waals surface area (Å²) in [5, 5.41) is 12.5. The zero-order chi connectivity index (χ0) is 20.1. The van der Waals surface area contributed by atoms with Crippen molar-refractivity contribution >= 4 is 23.4 Å². The zero-order valence-corrected chi connectivity index (χ0v) is 16.0. The van der Waals surface area contributed by atoms with Crippen molar-refractivity contribution in [2.75, 3.05) is 7.11 Å². The molecular formula is C19H17ClN4O4. The first-order chi connectivity index (χ1) is 13.5. The first-order valence-electron chi connectivity index (χ1n) is 8.33. The average molecular weight is 401 g/mol. The second-order valence-corrected chi connectivity index (χ2v) is 6.33. The van der Waals surface area contributed by atoms with Gasteiger partial charge >= 0.3 is 5.97 Å². The van der Waals surface area contributed by atoms with Crippen molar-refractivity contribution in [3.8, 4) is 17.1 Å². The third-order valence-electron chi connectivity index (χ3n) is 3.90. The van der Waals surface area contributed by atoms with Crippen molar-refractivity contribution in [2.45, 2.75) is 20.1 Å². The maximum atomic E-state index is 12.1. The first-order valence-corrected chi connectivity index (χ1v) is 8.71. The Morgan fingerprint density at radius 3 is 2.57 bits per heavy atom. The maximum Gasteiger partial charge on any atom is 0.330 e. The number of benzene rings is 2. The van der Waals surface area contributed by atoms with Crippen LogP contribution in [0.2, 0.25) is 5.02 Å². The Bertz CT molecular complexity index is 1000. The second kappa shape index (κ2) is 8.62. The van der Waals surface area contributed by atoms with E-state index < -0.39 is 5.97 Å². The minimum Gasteiger partial charge on any atom is -0.496 e. The van der Waals surface area contributed by atoms with Gasteiger partial charge in [0.2, 0.25) is 5.82 Å². The van der Waals surface area contributed by atoms with Crippen LogP contribution in [0, 0.1) is 0 Å². The van der Waals surface area contributed by atoms with Gasteiger partial charge in [-0.2, -0.15) is 4.80 Å². The molecule has 1 heterocycles. The number of tetrazole rings is 1. The number of Topliss-reactive ketones (excluding diaryl/α,β-unsaturated/α-hetero) is 1. The number of methoxy groups -OCH3 is 1. The van der Waals surface area contributed by atoms with Crippen molar-refractivity contribution in [1.29, 1.82) is 0 Å². The molecule has 3 rings (SSSR count). The number of hydrogen-bond donors (Lipinski definition) is 0. The normalized spacial score (nSPS) is 10.5. The highest BCUT2D eigenvalue weighted by Gasteiger charge is 2.13. The number of halogens is 1. The summed E-state index contributed by atoms with van der Waals surface area (Å²) in [6.45, 7) is 1.23. The number of esters is 1. The number of carbonyl (C=O) groups excluding carboxylic acids is 2. The van der Waals surface area contributed by atoms with Crippen LogP contribution in [0.5, 0.6) is 5.75 Å². The van der Waals surface area contributed by atoms with Gasteiger partial charge in [0.05, 0.1) is 7.11 Å². The van der Waals surface area contributed by atoms with E-state index in [-0.39, 0.29) is 18.9 Å². The molecule has 8 nitrogen and oxygen atoms in total. The van der Waals surface area contributed by atoms with Gasteiger partial charge in [-0.05, 0) is 54.6 Å². The summed E-state index contributed by atoms with van der Waals surface area (Å²) in [7, 11) is 1.51. The van der Waals surface area contributed by atoms with Crippen LogP contribution in [0.3, 0.4) is 0 Å². The predicted molar refractivity (Wildman–Crippen MR) is 101 cm³/mol. The quantitative estimate of drug-likeness (QED) is 0.444. The number of rotatable bonds is 7. The Balaban J connectivity index is 1.63. The van der Waals surface area contributed by atoms with E-state index in [4.69, 9.17) is 21.1 Å². The molecule has 0 unspecified atom stereocenters. The fourth-order valence-electron chi connectivity index (χ4n) is 2.45. The van der Waals surface area contributed by atoms with Gasteiger partial charge in [0.25, 0.3) is 0 Å². The van der Waals surface area contributed by atoms with Crippen LogP contribution in [0.15, 0.2) is 42.5 Å². The minimum absolute atomic E-state index is 0.0398. The molecule has 9 heteroatoms. The second-order valence-electron chi connectivity index (χ2n) is 5.89. The molecule has 28 heavy (non-hydrogen) atoms. The molecule has 0 atom stereocenters. The van der Waals surface area contributed by atoms with Crippen LogP contribution in [0.4, 0.5) is 0 Å². The van der Waals surface area contributed by atoms with Crippen molar-refractivity contribution in [3.63, 3.8) is 0 Å². The van der Waals surface area contributed by atoms with Gasteiger partial charge < -0.3 is 9.47 Å². The first kappa shape index (κ1) is 19.5. The topological polar surface area (TPSA) is 96.2 Å². The van der Waals surface area contributed by atoms with E-state index >= 15 is 0 Å². The van der Waals surface area contributed by atoms with Crippen LogP contribution in [-0.2, 0) is 22.7 Å². The summed E-state index contributed by atoms with van der Waals surface area (Å²) in [6.07, 6.45) is 0. The van der Waals surface area contributed by atoms with E-state index in [0.29, 0.717) is 27.7 Å². The molecule has 144 valence electrons. The summed E-state index contributed by atoms with van der Waals surface area (Å²) < 4.78 is 10.5. The summed E-state index contributed by atoms with van der Waals surface area (Å²) in [4.78, 5) is 24.8. The van der Waals surface area contributed by atoms with E-state index in [9.17, 15) is 9.59 Å². The van der Waals surface area contributed by atoms with Gasteiger partial charge in [0.1, 0.15) is 12.4 Å². The molecule has 0 saturated heterocycles. The lowest BCUT2D eigenvalue weighted by Crippen LogP contribution is -2.16. The van der Waals surface area contributed by atoms with E-state index in [1.54, 1.807) is 42.5 Å². The number of carbonyl (C=O) groups is 2. The molecule has 0 N–H and O–H groups in total. The third kappa shape index (κ3) is 4.72. The van der Waals surface area contributed by atoms with Crippen LogP contribution in [-0.4, -0.2) is 39.1 Å². The monoisotopic (exact) mass is 400 g/mol. The molecule has 0 fully saturated rings. The Labute approximate surface area is 166 Å². The standard InChI is InChI=1S/C19H17ClN4O4/c1-12(25)14-5-8-17(27-2)15(9-14)11-28-18(26)10-24-22-19(21-23-24)13-3-6-16(20)7-4-13/h3-9H,10-11H2,1-2H3. The highest BCUT2D eigenvalue weighted by atomic mass is 35.5. The summed E-state index contributed by atoms with van der Waals surface area (Å²) in [5.41, 5.74) is 1.84. The summed E-state index contributed by atoms with van der Waals surface area (Å²) in [6, 6.07) is 11.9. The minimum atomic E-state index is -0.546. The molecule has 0 saturated carbocycles. The maximum absolute atomic E-state index is 12.1. The molecule has 3 aromatic rings. The molecule has 2 aromatic carbocycles. The Kier molecular flexibility index (Phi) is 6.00. The van der Waals surface area contributed by atoms with Crippen molar-refractivity contribution < 1.29 is 19.1 Å². The molecule has 1 aromatic heterocycles. The fourth-order valence-corrected chi connectivity index (χ4v) is 2.58.